The molecule has 0 saturated heterocycles. The Labute approximate surface area is 151 Å². The Balaban J connectivity index is 1.78. The van der Waals surface area contributed by atoms with Gasteiger partial charge in [-0.15, -0.1) is 0 Å². The van der Waals surface area contributed by atoms with Crippen LogP contribution in [0.2, 0.25) is 0 Å². The van der Waals surface area contributed by atoms with Crippen LogP contribution in [0, 0.1) is 0 Å². The van der Waals surface area contributed by atoms with E-state index in [1.807, 2.05) is 6.92 Å². The summed E-state index contributed by atoms with van der Waals surface area (Å²) in [5.41, 5.74) is 2.83. The molecule has 0 heterocycles. The second-order valence-electron chi connectivity index (χ2n) is 7.66. The summed E-state index contributed by atoms with van der Waals surface area (Å²) >= 11 is 0. The van der Waals surface area contributed by atoms with Gasteiger partial charge in [0.2, 0.25) is 5.91 Å². The van der Waals surface area contributed by atoms with Crippen molar-refractivity contribution in [1.82, 2.24) is 16.0 Å². The lowest BCUT2D eigenvalue weighted by Gasteiger charge is -2.19. The van der Waals surface area contributed by atoms with Crippen molar-refractivity contribution in [3.63, 3.8) is 0 Å². The van der Waals surface area contributed by atoms with Gasteiger partial charge in [-0.25, -0.2) is 4.99 Å². The fourth-order valence-corrected chi connectivity index (χ4v) is 2.49. The lowest BCUT2D eigenvalue weighted by atomic mass is 9.86. The highest BCUT2D eigenvalue weighted by atomic mass is 16.2. The van der Waals surface area contributed by atoms with E-state index in [9.17, 15) is 4.79 Å². The quantitative estimate of drug-likeness (QED) is 0.525. The molecule has 138 valence electrons. The molecule has 1 aromatic rings. The van der Waals surface area contributed by atoms with E-state index in [0.29, 0.717) is 12.0 Å². The van der Waals surface area contributed by atoms with Gasteiger partial charge in [0.1, 0.15) is 6.54 Å². The van der Waals surface area contributed by atoms with Crippen LogP contribution in [0.25, 0.3) is 0 Å². The first-order valence-electron chi connectivity index (χ1n) is 9.29. The standard InChI is InChI=1S/C20H32N4O/c1-5-21-19(23-14-18(25)24-17-10-11-17)22-13-12-15-6-8-16(9-7-15)20(2,3)4/h6-9,17H,5,10-14H2,1-4H3,(H,24,25)(H2,21,22,23). The monoisotopic (exact) mass is 344 g/mol. The molecular formula is C20H32N4O. The summed E-state index contributed by atoms with van der Waals surface area (Å²) in [4.78, 5) is 16.1. The van der Waals surface area contributed by atoms with Gasteiger partial charge in [-0.05, 0) is 42.7 Å². The Bertz CT molecular complexity index is 583. The topological polar surface area (TPSA) is 65.5 Å². The molecule has 1 aromatic carbocycles. The molecule has 1 saturated carbocycles. The fraction of sp³-hybridized carbons (Fsp3) is 0.600. The third-order valence-corrected chi connectivity index (χ3v) is 4.19. The number of hydrogen-bond donors (Lipinski definition) is 3. The first-order chi connectivity index (χ1) is 11.9. The number of hydrogen-bond acceptors (Lipinski definition) is 2. The number of rotatable bonds is 7. The zero-order valence-electron chi connectivity index (χ0n) is 16.0. The molecule has 0 atom stereocenters. The van der Waals surface area contributed by atoms with E-state index in [-0.39, 0.29) is 17.9 Å². The van der Waals surface area contributed by atoms with Crippen molar-refractivity contribution < 1.29 is 4.79 Å². The highest BCUT2D eigenvalue weighted by molar-refractivity contribution is 5.85. The van der Waals surface area contributed by atoms with E-state index in [1.54, 1.807) is 0 Å². The summed E-state index contributed by atoms with van der Waals surface area (Å²) in [7, 11) is 0. The van der Waals surface area contributed by atoms with Crippen LogP contribution in [0.4, 0.5) is 0 Å². The molecule has 0 aliphatic heterocycles. The van der Waals surface area contributed by atoms with Crippen LogP contribution in [0.5, 0.6) is 0 Å². The van der Waals surface area contributed by atoms with E-state index >= 15 is 0 Å². The molecule has 3 N–H and O–H groups in total. The van der Waals surface area contributed by atoms with Gasteiger partial charge >= 0.3 is 0 Å². The summed E-state index contributed by atoms with van der Waals surface area (Å²) < 4.78 is 0. The Hall–Kier alpha value is -2.04. The minimum absolute atomic E-state index is 0.00234. The van der Waals surface area contributed by atoms with Gasteiger partial charge in [-0.2, -0.15) is 0 Å². The molecular weight excluding hydrogens is 312 g/mol. The lowest BCUT2D eigenvalue weighted by molar-refractivity contribution is -0.119. The Kier molecular flexibility index (Phi) is 6.85. The Morgan fingerprint density at radius 3 is 2.40 bits per heavy atom. The number of nitrogens with one attached hydrogen (secondary N) is 3. The fourth-order valence-electron chi connectivity index (χ4n) is 2.49. The molecule has 0 aromatic heterocycles. The molecule has 1 amide bonds. The first kappa shape index (κ1) is 19.3. The van der Waals surface area contributed by atoms with Crippen LogP contribution < -0.4 is 16.0 Å². The lowest BCUT2D eigenvalue weighted by Crippen LogP contribution is -2.39. The van der Waals surface area contributed by atoms with Crippen molar-refractivity contribution in [3.05, 3.63) is 35.4 Å². The predicted molar refractivity (Wildman–Crippen MR) is 104 cm³/mol. The Morgan fingerprint density at radius 2 is 1.84 bits per heavy atom. The molecule has 1 fully saturated rings. The van der Waals surface area contributed by atoms with E-state index < -0.39 is 0 Å². The summed E-state index contributed by atoms with van der Waals surface area (Å²) in [6.07, 6.45) is 3.12. The third kappa shape index (κ3) is 7.16. The largest absolute Gasteiger partial charge is 0.357 e. The number of guanidine groups is 1. The summed E-state index contributed by atoms with van der Waals surface area (Å²) in [6, 6.07) is 9.17. The SMILES string of the molecule is CCNC(=NCC(=O)NC1CC1)NCCc1ccc(C(C)(C)C)cc1. The van der Waals surface area contributed by atoms with Gasteiger partial charge in [-0.3, -0.25) is 4.79 Å². The van der Waals surface area contributed by atoms with Crippen molar-refractivity contribution in [3.8, 4) is 0 Å². The van der Waals surface area contributed by atoms with Crippen LogP contribution in [0.3, 0.4) is 0 Å². The molecule has 5 nitrogen and oxygen atoms in total. The molecule has 25 heavy (non-hydrogen) atoms. The maximum absolute atomic E-state index is 11.7. The van der Waals surface area contributed by atoms with Crippen LogP contribution in [0.1, 0.15) is 51.7 Å². The zero-order chi connectivity index (χ0) is 18.3. The first-order valence-corrected chi connectivity index (χ1v) is 9.29. The molecule has 0 radical (unpaired) electrons. The average molecular weight is 345 g/mol. The van der Waals surface area contributed by atoms with Crippen LogP contribution in [-0.2, 0) is 16.6 Å². The number of amides is 1. The minimum Gasteiger partial charge on any atom is -0.357 e. The number of aliphatic imine (C=N–C) groups is 1. The highest BCUT2D eigenvalue weighted by Crippen LogP contribution is 2.22. The molecule has 0 unspecified atom stereocenters. The molecule has 0 bridgehead atoms. The Morgan fingerprint density at radius 1 is 1.16 bits per heavy atom. The van der Waals surface area contributed by atoms with Crippen molar-refractivity contribution in [2.24, 2.45) is 4.99 Å². The van der Waals surface area contributed by atoms with Crippen molar-refractivity contribution >= 4 is 11.9 Å². The molecule has 2 rings (SSSR count). The summed E-state index contributed by atoms with van der Waals surface area (Å²) in [5, 5.41) is 9.43. The van der Waals surface area contributed by atoms with Crippen LogP contribution in [0.15, 0.2) is 29.3 Å². The number of carbonyl (C=O) groups is 1. The molecule has 1 aliphatic carbocycles. The van der Waals surface area contributed by atoms with Crippen molar-refractivity contribution in [2.45, 2.75) is 58.4 Å². The second kappa shape index (κ2) is 8.88. The van der Waals surface area contributed by atoms with Crippen molar-refractivity contribution in [1.29, 1.82) is 0 Å². The minimum atomic E-state index is -0.00234. The smallest absolute Gasteiger partial charge is 0.242 e. The number of benzene rings is 1. The van der Waals surface area contributed by atoms with Gasteiger partial charge in [0.25, 0.3) is 0 Å². The summed E-state index contributed by atoms with van der Waals surface area (Å²) in [5.74, 6) is 0.692. The zero-order valence-corrected chi connectivity index (χ0v) is 16.0. The maximum atomic E-state index is 11.7. The van der Waals surface area contributed by atoms with E-state index in [0.717, 1.165) is 32.4 Å². The van der Waals surface area contributed by atoms with Crippen LogP contribution in [-0.4, -0.2) is 37.5 Å². The molecule has 1 aliphatic rings. The molecule has 0 spiro atoms. The van der Waals surface area contributed by atoms with Gasteiger partial charge in [-0.1, -0.05) is 45.0 Å². The van der Waals surface area contributed by atoms with Crippen molar-refractivity contribution in [2.75, 3.05) is 19.6 Å². The highest BCUT2D eigenvalue weighted by Gasteiger charge is 2.22. The second-order valence-corrected chi connectivity index (χ2v) is 7.66. The van der Waals surface area contributed by atoms with Crippen LogP contribution >= 0.6 is 0 Å². The predicted octanol–water partition coefficient (Wildman–Crippen LogP) is 2.36. The van der Waals surface area contributed by atoms with E-state index in [1.165, 1.54) is 11.1 Å². The van der Waals surface area contributed by atoms with Gasteiger partial charge in [0.05, 0.1) is 0 Å². The van der Waals surface area contributed by atoms with E-state index in [2.05, 4.69) is 66.0 Å². The third-order valence-electron chi connectivity index (χ3n) is 4.19. The van der Waals surface area contributed by atoms with Gasteiger partial charge < -0.3 is 16.0 Å². The number of carbonyl (C=O) groups excluding carboxylic acids is 1. The van der Waals surface area contributed by atoms with Gasteiger partial charge in [0, 0.05) is 19.1 Å². The van der Waals surface area contributed by atoms with Gasteiger partial charge in [0.15, 0.2) is 5.96 Å². The number of nitrogens with zero attached hydrogens (tertiary/aromatic N) is 1. The molecule has 5 heteroatoms. The maximum Gasteiger partial charge on any atom is 0.242 e. The summed E-state index contributed by atoms with van der Waals surface area (Å²) in [6.45, 7) is 10.4. The van der Waals surface area contributed by atoms with E-state index in [4.69, 9.17) is 0 Å². The average Bonchev–Trinajstić information content (AvgIpc) is 3.36. The normalized spacial score (nSPS) is 15.0.